The van der Waals surface area contributed by atoms with Crippen molar-refractivity contribution in [2.45, 2.75) is 20.0 Å². The zero-order chi connectivity index (χ0) is 20.4. The molecule has 1 aromatic heterocycles. The lowest BCUT2D eigenvalue weighted by Gasteiger charge is -2.00. The molecule has 0 aliphatic heterocycles. The van der Waals surface area contributed by atoms with E-state index in [2.05, 4.69) is 35.8 Å². The molecule has 0 N–H and O–H groups in total. The molecular weight excluding hydrogens is 446 g/mol. The molecule has 0 radical (unpaired) electrons. The van der Waals surface area contributed by atoms with E-state index in [4.69, 9.17) is 0 Å². The summed E-state index contributed by atoms with van der Waals surface area (Å²) in [6, 6.07) is 22.1. The topological polar surface area (TPSA) is 69.0 Å². The second-order valence-electron chi connectivity index (χ2n) is 7.07. The van der Waals surface area contributed by atoms with Gasteiger partial charge in [-0.3, -0.25) is 14.9 Å². The summed E-state index contributed by atoms with van der Waals surface area (Å²) in [5.41, 5.74) is 4.85. The number of non-ortho nitro benzene ring substituents is 1. The van der Waals surface area contributed by atoms with Crippen molar-refractivity contribution in [3.05, 3.63) is 106 Å². The van der Waals surface area contributed by atoms with Crippen LogP contribution in [0, 0.1) is 17.0 Å². The molecule has 0 unspecified atom stereocenters. The smallest absolute Gasteiger partial charge is 0.269 e. The van der Waals surface area contributed by atoms with E-state index in [-0.39, 0.29) is 35.0 Å². The summed E-state index contributed by atoms with van der Waals surface area (Å²) in [5, 5.41) is 10.8. The van der Waals surface area contributed by atoms with Gasteiger partial charge >= 0.3 is 0 Å². The minimum atomic E-state index is -0.471. The predicted octanol–water partition coefficient (Wildman–Crippen LogP) is 1.08. The fourth-order valence-electron chi connectivity index (χ4n) is 3.40. The summed E-state index contributed by atoms with van der Waals surface area (Å²) in [7, 11) is 0. The van der Waals surface area contributed by atoms with Gasteiger partial charge in [-0.2, -0.15) is 0 Å². The fourth-order valence-corrected chi connectivity index (χ4v) is 3.40. The van der Waals surface area contributed by atoms with Crippen LogP contribution in [-0.2, 0) is 13.1 Å². The number of aryl methyl sites for hydroxylation is 1. The third kappa shape index (κ3) is 4.46. The van der Waals surface area contributed by atoms with Gasteiger partial charge in [0.15, 0.2) is 17.6 Å². The van der Waals surface area contributed by atoms with Crippen molar-refractivity contribution in [1.29, 1.82) is 0 Å². The van der Waals surface area contributed by atoms with Crippen LogP contribution in [0.3, 0.4) is 0 Å². The Hall–Kier alpha value is -3.32. The molecule has 0 spiro atoms. The average Bonchev–Trinajstić information content (AvgIpc) is 3.07. The number of nitro benzene ring substituents is 1. The van der Waals surface area contributed by atoms with Gasteiger partial charge in [-0.05, 0) is 36.8 Å². The Kier molecular flexibility index (Phi) is 6.42. The molecule has 7 heteroatoms. The van der Waals surface area contributed by atoms with E-state index in [9.17, 15) is 14.9 Å². The zero-order valence-electron chi connectivity index (χ0n) is 16.4. The summed E-state index contributed by atoms with van der Waals surface area (Å²) >= 11 is 0. The molecule has 0 atom stereocenters. The van der Waals surface area contributed by atoms with Crippen molar-refractivity contribution in [3.8, 4) is 0 Å². The quantitative estimate of drug-likeness (QED) is 0.185. The number of aromatic nitrogens is 2. The van der Waals surface area contributed by atoms with Crippen molar-refractivity contribution < 1.29 is 31.3 Å². The highest BCUT2D eigenvalue weighted by Gasteiger charge is 2.19. The monoisotopic (exact) mass is 465 g/mol. The van der Waals surface area contributed by atoms with E-state index >= 15 is 0 Å². The van der Waals surface area contributed by atoms with Gasteiger partial charge in [0.05, 0.1) is 4.92 Å². The van der Waals surface area contributed by atoms with E-state index in [0.717, 1.165) is 11.0 Å². The molecule has 0 fully saturated rings. The van der Waals surface area contributed by atoms with Crippen LogP contribution < -0.4 is 21.5 Å². The number of benzene rings is 3. The number of nitro groups is 1. The summed E-state index contributed by atoms with van der Waals surface area (Å²) in [4.78, 5) is 23.1. The van der Waals surface area contributed by atoms with E-state index in [0.29, 0.717) is 12.1 Å². The molecule has 1 heterocycles. The number of ketones is 1. The van der Waals surface area contributed by atoms with Crippen LogP contribution in [-0.4, -0.2) is 15.3 Å². The molecule has 0 aliphatic carbocycles. The zero-order valence-corrected chi connectivity index (χ0v) is 18.0. The lowest BCUT2D eigenvalue weighted by molar-refractivity contribution is -0.663. The number of hydrogen-bond acceptors (Lipinski definition) is 3. The number of halogens is 1. The Bertz CT molecular complexity index is 1200. The minimum absolute atomic E-state index is 0. The Balaban J connectivity index is 0.00000256. The van der Waals surface area contributed by atoms with Crippen LogP contribution in [0.4, 0.5) is 5.69 Å². The Labute approximate surface area is 184 Å². The van der Waals surface area contributed by atoms with Gasteiger partial charge in [0.2, 0.25) is 12.1 Å². The van der Waals surface area contributed by atoms with Crippen molar-refractivity contribution >= 4 is 22.5 Å². The summed E-state index contributed by atoms with van der Waals surface area (Å²) in [6.45, 7) is 2.94. The first-order valence-corrected chi connectivity index (χ1v) is 9.32. The third-order valence-electron chi connectivity index (χ3n) is 4.97. The first-order chi connectivity index (χ1) is 14.0. The molecule has 152 valence electrons. The fraction of sp³-hybridized carbons (Fsp3) is 0.130. The molecule has 0 saturated carbocycles. The number of imidazole rings is 1. The lowest BCUT2D eigenvalue weighted by atomic mass is 10.1. The van der Waals surface area contributed by atoms with Crippen LogP contribution in [0.1, 0.15) is 21.5 Å². The first kappa shape index (κ1) is 21.4. The van der Waals surface area contributed by atoms with Gasteiger partial charge in [0.25, 0.3) is 5.69 Å². The number of Topliss-reactive ketones (excluding diaryl/α,β-unsaturated/α-hetero) is 1. The van der Waals surface area contributed by atoms with Crippen molar-refractivity contribution in [1.82, 2.24) is 4.57 Å². The molecule has 3 aromatic carbocycles. The SMILES string of the molecule is Cc1ccc(C[n+]2cn(CC(=O)c3ccc([N+](=O)[O-])cc3)c3ccccc32)cc1.[Br-]. The molecular formula is C23H20BrN3O3. The van der Waals surface area contributed by atoms with Gasteiger partial charge in [-0.25, -0.2) is 9.13 Å². The average molecular weight is 466 g/mol. The number of para-hydroxylation sites is 2. The molecule has 30 heavy (non-hydrogen) atoms. The Morgan fingerprint density at radius 1 is 1.00 bits per heavy atom. The summed E-state index contributed by atoms with van der Waals surface area (Å²) in [6.07, 6.45) is 1.95. The van der Waals surface area contributed by atoms with Gasteiger partial charge in [0.1, 0.15) is 6.54 Å². The number of fused-ring (bicyclic) bond motifs is 1. The molecule has 6 nitrogen and oxygen atoms in total. The van der Waals surface area contributed by atoms with Crippen molar-refractivity contribution in [2.75, 3.05) is 0 Å². The maximum absolute atomic E-state index is 12.7. The Morgan fingerprint density at radius 2 is 1.67 bits per heavy atom. The van der Waals surface area contributed by atoms with Crippen LogP contribution in [0.25, 0.3) is 11.0 Å². The highest BCUT2D eigenvalue weighted by molar-refractivity contribution is 5.96. The number of hydrogen-bond donors (Lipinski definition) is 0. The molecule has 4 aromatic rings. The highest BCUT2D eigenvalue weighted by atomic mass is 79.9. The maximum atomic E-state index is 12.7. The standard InChI is InChI=1S/C23H20N3O3.BrH/c1-17-6-8-18(9-7-17)14-24-16-25(22-5-3-2-4-21(22)24)15-23(27)19-10-12-20(13-11-19)26(28)29;/h2-13,16H,14-15H2,1H3;1H/q+1;/p-1. The second kappa shape index (κ2) is 9.00. The molecule has 4 rings (SSSR count). The van der Waals surface area contributed by atoms with E-state index < -0.39 is 4.92 Å². The normalized spacial score (nSPS) is 10.6. The predicted molar refractivity (Wildman–Crippen MR) is 110 cm³/mol. The van der Waals surface area contributed by atoms with Crippen molar-refractivity contribution in [2.24, 2.45) is 0 Å². The van der Waals surface area contributed by atoms with Crippen LogP contribution in [0.15, 0.2) is 79.1 Å². The molecule has 0 saturated heterocycles. The van der Waals surface area contributed by atoms with Gasteiger partial charge in [-0.1, -0.05) is 42.0 Å². The Morgan fingerprint density at radius 3 is 2.33 bits per heavy atom. The number of carbonyl (C=O) groups is 1. The van der Waals surface area contributed by atoms with Crippen molar-refractivity contribution in [3.63, 3.8) is 0 Å². The van der Waals surface area contributed by atoms with Gasteiger partial charge in [-0.15, -0.1) is 0 Å². The van der Waals surface area contributed by atoms with E-state index in [1.54, 1.807) is 0 Å². The molecule has 0 amide bonds. The van der Waals surface area contributed by atoms with Gasteiger partial charge < -0.3 is 17.0 Å². The van der Waals surface area contributed by atoms with Gasteiger partial charge in [0, 0.05) is 17.7 Å². The van der Waals surface area contributed by atoms with E-state index in [1.165, 1.54) is 35.4 Å². The molecule has 0 aliphatic rings. The number of rotatable bonds is 6. The number of carbonyl (C=O) groups excluding carboxylic acids is 1. The lowest BCUT2D eigenvalue weighted by Crippen LogP contribution is -3.00. The second-order valence-corrected chi connectivity index (χ2v) is 7.07. The maximum Gasteiger partial charge on any atom is 0.269 e. The highest BCUT2D eigenvalue weighted by Crippen LogP contribution is 2.16. The molecule has 0 bridgehead atoms. The van der Waals surface area contributed by atoms with Crippen LogP contribution in [0.2, 0.25) is 0 Å². The number of nitrogens with zero attached hydrogens (tertiary/aromatic N) is 3. The minimum Gasteiger partial charge on any atom is -1.00 e. The largest absolute Gasteiger partial charge is 1.00 e. The summed E-state index contributed by atoms with van der Waals surface area (Å²) < 4.78 is 4.05. The third-order valence-corrected chi connectivity index (χ3v) is 4.97. The first-order valence-electron chi connectivity index (χ1n) is 9.32. The van der Waals surface area contributed by atoms with E-state index in [1.807, 2.05) is 35.2 Å². The summed E-state index contributed by atoms with van der Waals surface area (Å²) in [5.74, 6) is -0.0943. The van der Waals surface area contributed by atoms with Crippen LogP contribution >= 0.6 is 0 Å². The van der Waals surface area contributed by atoms with Crippen LogP contribution in [0.5, 0.6) is 0 Å².